The van der Waals surface area contributed by atoms with Gasteiger partial charge in [-0.25, -0.2) is 13.6 Å². The average Bonchev–Trinajstić information content (AvgIpc) is 3.34. The molecule has 5 rings (SSSR count). The van der Waals surface area contributed by atoms with Crippen molar-refractivity contribution in [2.45, 2.75) is 18.6 Å². The molecule has 1 saturated carbocycles. The zero-order valence-electron chi connectivity index (χ0n) is 17.5. The number of nitrogens with zero attached hydrogens (tertiary/aromatic N) is 3. The monoisotopic (exact) mass is 467 g/mol. The highest BCUT2D eigenvalue weighted by molar-refractivity contribution is 5.99. The molecule has 0 amide bonds. The van der Waals surface area contributed by atoms with Crippen molar-refractivity contribution >= 4 is 23.1 Å². The minimum atomic E-state index is -1.50. The third-order valence-electron chi connectivity index (χ3n) is 5.75. The number of carbonyl (C=O) groups is 1. The number of aromatic nitrogens is 1. The molecule has 11 heteroatoms. The number of carboxylic acid groups (broad SMARTS) is 1. The molecule has 3 aromatic rings. The van der Waals surface area contributed by atoms with Crippen LogP contribution in [0, 0.1) is 17.3 Å². The van der Waals surface area contributed by atoms with Crippen molar-refractivity contribution < 1.29 is 32.9 Å². The Morgan fingerprint density at radius 1 is 1.38 bits per heavy atom. The van der Waals surface area contributed by atoms with Gasteiger partial charge >= 0.3 is 5.97 Å². The van der Waals surface area contributed by atoms with Crippen LogP contribution in [0.15, 0.2) is 34.2 Å². The van der Waals surface area contributed by atoms with Crippen LogP contribution < -0.4 is 19.6 Å². The van der Waals surface area contributed by atoms with Crippen LogP contribution >= 0.6 is 0 Å². The molecule has 9 nitrogen and oxygen atoms in total. The van der Waals surface area contributed by atoms with Gasteiger partial charge in [0.15, 0.2) is 17.2 Å². The van der Waals surface area contributed by atoms with Crippen molar-refractivity contribution in [3.8, 4) is 34.6 Å². The van der Waals surface area contributed by atoms with Crippen LogP contribution in [0.4, 0.5) is 8.78 Å². The summed E-state index contributed by atoms with van der Waals surface area (Å²) in [5, 5.41) is 18.0. The summed E-state index contributed by atoms with van der Waals surface area (Å²) < 4.78 is 47.2. The van der Waals surface area contributed by atoms with Crippen molar-refractivity contribution in [3.05, 3.63) is 51.6 Å². The maximum absolute atomic E-state index is 15.5. The Kier molecular flexibility index (Phi) is 4.93. The molecule has 172 valence electrons. The lowest BCUT2D eigenvalue weighted by molar-refractivity contribution is 0.0694. The molecule has 0 bridgehead atoms. The Morgan fingerprint density at radius 3 is 2.79 bits per heavy atom. The maximum Gasteiger partial charge on any atom is 0.341 e. The van der Waals surface area contributed by atoms with E-state index in [4.69, 9.17) is 19.5 Å². The van der Waals surface area contributed by atoms with Gasteiger partial charge in [0, 0.05) is 18.2 Å². The lowest BCUT2D eigenvalue weighted by Gasteiger charge is -2.19. The standard InChI is InChI=1S/C23H15F2N3O6/c1-32-22-18(10-2-11(6-27-8-26)21-17(3-10)33-9-34-21)15(25)4-12-19(22)28(16-5-14(16)24)7-13(20(12)29)23(30)31/h2-4,6-7,14,16H,5,9H2,1H3,(H,30,31)/b27-6+. The molecule has 2 atom stereocenters. The van der Waals surface area contributed by atoms with Gasteiger partial charge in [-0.05, 0) is 23.8 Å². The third-order valence-corrected chi connectivity index (χ3v) is 5.75. The number of rotatable bonds is 5. The Balaban J connectivity index is 1.85. The topological polar surface area (TPSA) is 123 Å². The SMILES string of the molecule is COc1c(-c2cc(/C=N/C#N)c3c(c2)OCO3)c(F)cc2c(=O)c(C(=O)O)cn(C3CC3F)c12. The molecule has 2 aromatic carbocycles. The first-order valence-corrected chi connectivity index (χ1v) is 10.0. The first kappa shape index (κ1) is 21.4. The van der Waals surface area contributed by atoms with Crippen molar-refractivity contribution in [1.29, 1.82) is 5.26 Å². The van der Waals surface area contributed by atoms with E-state index in [0.717, 1.165) is 12.3 Å². The van der Waals surface area contributed by atoms with Gasteiger partial charge in [-0.2, -0.15) is 10.3 Å². The van der Waals surface area contributed by atoms with Gasteiger partial charge in [0.25, 0.3) is 0 Å². The fraction of sp³-hybridized carbons (Fsp3) is 0.217. The second-order valence-corrected chi connectivity index (χ2v) is 7.72. The number of fused-ring (bicyclic) bond motifs is 2. The summed E-state index contributed by atoms with van der Waals surface area (Å²) in [5.41, 5.74) is -0.896. The van der Waals surface area contributed by atoms with E-state index in [9.17, 15) is 19.1 Å². The summed E-state index contributed by atoms with van der Waals surface area (Å²) >= 11 is 0. The number of halogens is 2. The number of nitriles is 1. The Bertz CT molecular complexity index is 1510. The summed E-state index contributed by atoms with van der Waals surface area (Å²) in [6.07, 6.45) is 2.79. The van der Waals surface area contributed by atoms with Crippen molar-refractivity contribution in [3.63, 3.8) is 0 Å². The van der Waals surface area contributed by atoms with Crippen LogP contribution in [0.2, 0.25) is 0 Å². The molecule has 0 radical (unpaired) electrons. The molecule has 1 aliphatic carbocycles. The summed E-state index contributed by atoms with van der Waals surface area (Å²) in [6.45, 7) is -0.0827. The van der Waals surface area contributed by atoms with E-state index < -0.39 is 35.0 Å². The molecule has 2 aliphatic rings. The predicted molar refractivity (Wildman–Crippen MR) is 115 cm³/mol. The molecule has 1 fully saturated rings. The first-order valence-electron chi connectivity index (χ1n) is 10.0. The van der Waals surface area contributed by atoms with E-state index in [-0.39, 0.29) is 46.7 Å². The van der Waals surface area contributed by atoms with E-state index >= 15 is 4.39 Å². The number of hydrogen-bond donors (Lipinski definition) is 1. The van der Waals surface area contributed by atoms with E-state index in [1.807, 2.05) is 0 Å². The Morgan fingerprint density at radius 2 is 2.15 bits per heavy atom. The van der Waals surface area contributed by atoms with Gasteiger partial charge in [-0.1, -0.05) is 0 Å². The zero-order chi connectivity index (χ0) is 24.1. The minimum absolute atomic E-state index is 0.0628. The number of aliphatic imine (C=N–C) groups is 1. The van der Waals surface area contributed by atoms with E-state index in [2.05, 4.69) is 4.99 Å². The third kappa shape index (κ3) is 3.23. The number of alkyl halides is 1. The van der Waals surface area contributed by atoms with E-state index in [0.29, 0.717) is 11.3 Å². The van der Waals surface area contributed by atoms with Crippen LogP contribution in [-0.4, -0.2) is 41.9 Å². The molecule has 34 heavy (non-hydrogen) atoms. The van der Waals surface area contributed by atoms with Gasteiger partial charge in [0.2, 0.25) is 18.4 Å². The molecular weight excluding hydrogens is 452 g/mol. The van der Waals surface area contributed by atoms with Crippen LogP contribution in [0.1, 0.15) is 28.4 Å². The normalized spacial score (nSPS) is 18.3. The molecule has 1 N–H and O–H groups in total. The number of carboxylic acids is 1. The van der Waals surface area contributed by atoms with E-state index in [1.54, 1.807) is 6.19 Å². The molecule has 2 unspecified atom stereocenters. The van der Waals surface area contributed by atoms with Gasteiger partial charge < -0.3 is 23.9 Å². The van der Waals surface area contributed by atoms with Crippen molar-refractivity contribution in [1.82, 2.24) is 4.57 Å². The number of ether oxygens (including phenoxy) is 3. The van der Waals surface area contributed by atoms with Crippen molar-refractivity contribution in [2.75, 3.05) is 13.9 Å². The van der Waals surface area contributed by atoms with Crippen LogP contribution in [0.5, 0.6) is 17.2 Å². The number of methoxy groups -OCH3 is 1. The zero-order valence-corrected chi connectivity index (χ0v) is 17.5. The molecule has 0 saturated heterocycles. The largest absolute Gasteiger partial charge is 0.494 e. The van der Waals surface area contributed by atoms with Crippen molar-refractivity contribution in [2.24, 2.45) is 4.99 Å². The summed E-state index contributed by atoms with van der Waals surface area (Å²) in [4.78, 5) is 28.0. The molecule has 2 heterocycles. The molecular formula is C23H15F2N3O6. The van der Waals surface area contributed by atoms with Gasteiger partial charge in [-0.3, -0.25) is 4.79 Å². The molecule has 1 aromatic heterocycles. The van der Waals surface area contributed by atoms with Crippen LogP contribution in [0.25, 0.3) is 22.0 Å². The fourth-order valence-electron chi connectivity index (χ4n) is 4.15. The maximum atomic E-state index is 15.5. The lowest BCUT2D eigenvalue weighted by Crippen LogP contribution is -2.20. The summed E-state index contributed by atoms with van der Waals surface area (Å²) in [5.74, 6) is -1.85. The average molecular weight is 467 g/mol. The lowest BCUT2D eigenvalue weighted by atomic mass is 9.97. The second-order valence-electron chi connectivity index (χ2n) is 7.72. The number of pyridine rings is 1. The fourth-order valence-corrected chi connectivity index (χ4v) is 4.15. The van der Waals surface area contributed by atoms with Crippen LogP contribution in [0.3, 0.4) is 0 Å². The highest BCUT2D eigenvalue weighted by atomic mass is 19.1. The molecule has 1 aliphatic heterocycles. The van der Waals surface area contributed by atoms with E-state index in [1.165, 1.54) is 30.0 Å². The summed E-state index contributed by atoms with van der Waals surface area (Å²) in [7, 11) is 1.27. The summed E-state index contributed by atoms with van der Waals surface area (Å²) in [6, 6.07) is 3.21. The van der Waals surface area contributed by atoms with Crippen LogP contribution in [-0.2, 0) is 0 Å². The smallest absolute Gasteiger partial charge is 0.341 e. The quantitative estimate of drug-likeness (QED) is 0.450. The Hall–Kier alpha value is -4.46. The first-order chi connectivity index (χ1) is 16.3. The number of aromatic carboxylic acids is 1. The van der Waals surface area contributed by atoms with Gasteiger partial charge in [-0.15, -0.1) is 0 Å². The predicted octanol–water partition coefficient (Wildman–Crippen LogP) is 3.43. The number of hydrogen-bond acceptors (Lipinski definition) is 7. The van der Waals surface area contributed by atoms with Gasteiger partial charge in [0.1, 0.15) is 17.6 Å². The highest BCUT2D eigenvalue weighted by Crippen LogP contribution is 2.47. The number of benzene rings is 2. The minimum Gasteiger partial charge on any atom is -0.494 e. The molecule has 0 spiro atoms. The second kappa shape index (κ2) is 7.84. The van der Waals surface area contributed by atoms with Gasteiger partial charge in [0.05, 0.1) is 35.8 Å². The highest BCUT2D eigenvalue weighted by Gasteiger charge is 2.41. The Labute approximate surface area is 190 Å².